The van der Waals surface area contributed by atoms with Gasteiger partial charge in [0.05, 0.1) is 6.42 Å². The van der Waals surface area contributed by atoms with Gasteiger partial charge in [-0.1, -0.05) is 12.1 Å². The summed E-state index contributed by atoms with van der Waals surface area (Å²) in [6, 6.07) is 10.1. The molecule has 2 aromatic rings. The van der Waals surface area contributed by atoms with Gasteiger partial charge in [-0.15, -0.1) is 0 Å². The highest BCUT2D eigenvalue weighted by atomic mass is 79.9. The minimum Gasteiger partial charge on any atom is -0.508 e. The van der Waals surface area contributed by atoms with Crippen molar-refractivity contribution in [2.75, 3.05) is 5.32 Å². The SMILES string of the molecule is O=C(Cc1cccc(O)c1)Nc1ccc(Br)cn1. The number of carbonyl (C=O) groups excluding carboxylic acids is 1. The number of hydrogen-bond donors (Lipinski definition) is 2. The van der Waals surface area contributed by atoms with Gasteiger partial charge in [0.1, 0.15) is 11.6 Å². The lowest BCUT2D eigenvalue weighted by Gasteiger charge is -2.04. The number of hydrogen-bond acceptors (Lipinski definition) is 3. The van der Waals surface area contributed by atoms with Crippen LogP contribution in [0.3, 0.4) is 0 Å². The summed E-state index contributed by atoms with van der Waals surface area (Å²) in [5, 5.41) is 12.0. The number of halogens is 1. The van der Waals surface area contributed by atoms with E-state index in [4.69, 9.17) is 0 Å². The second kappa shape index (κ2) is 5.64. The van der Waals surface area contributed by atoms with E-state index in [0.717, 1.165) is 10.0 Å². The van der Waals surface area contributed by atoms with E-state index in [1.807, 2.05) is 0 Å². The maximum Gasteiger partial charge on any atom is 0.229 e. The summed E-state index contributed by atoms with van der Waals surface area (Å²) < 4.78 is 0.855. The third-order valence-electron chi connectivity index (χ3n) is 2.27. The van der Waals surface area contributed by atoms with Gasteiger partial charge in [-0.3, -0.25) is 4.79 Å². The normalized spacial score (nSPS) is 10.1. The Hall–Kier alpha value is -1.88. The van der Waals surface area contributed by atoms with Crippen LogP contribution < -0.4 is 5.32 Å². The van der Waals surface area contributed by atoms with Crippen molar-refractivity contribution in [1.29, 1.82) is 0 Å². The molecule has 18 heavy (non-hydrogen) atoms. The highest BCUT2D eigenvalue weighted by Gasteiger charge is 2.05. The molecule has 2 N–H and O–H groups in total. The number of benzene rings is 1. The van der Waals surface area contributed by atoms with E-state index in [9.17, 15) is 9.90 Å². The molecule has 1 aromatic carbocycles. The van der Waals surface area contributed by atoms with Gasteiger partial charge in [0.25, 0.3) is 0 Å². The van der Waals surface area contributed by atoms with E-state index in [1.54, 1.807) is 42.6 Å². The fraction of sp³-hybridized carbons (Fsp3) is 0.0769. The number of phenols is 1. The molecular formula is C13H11BrN2O2. The van der Waals surface area contributed by atoms with Crippen LogP contribution in [0.4, 0.5) is 5.82 Å². The molecule has 2 rings (SSSR count). The van der Waals surface area contributed by atoms with Crippen LogP contribution in [0.15, 0.2) is 47.1 Å². The number of anilines is 1. The maximum absolute atomic E-state index is 11.7. The summed E-state index contributed by atoms with van der Waals surface area (Å²) in [6.45, 7) is 0. The van der Waals surface area contributed by atoms with Gasteiger partial charge in [0.15, 0.2) is 0 Å². The van der Waals surface area contributed by atoms with Gasteiger partial charge in [0.2, 0.25) is 5.91 Å². The summed E-state index contributed by atoms with van der Waals surface area (Å²) in [7, 11) is 0. The molecule has 4 nitrogen and oxygen atoms in total. The average molecular weight is 307 g/mol. The summed E-state index contributed by atoms with van der Waals surface area (Å²) in [4.78, 5) is 15.8. The van der Waals surface area contributed by atoms with Crippen molar-refractivity contribution in [2.24, 2.45) is 0 Å². The number of phenolic OH excluding ortho intramolecular Hbond substituents is 1. The minimum atomic E-state index is -0.171. The zero-order valence-corrected chi connectivity index (χ0v) is 11.0. The molecule has 0 saturated heterocycles. The van der Waals surface area contributed by atoms with Crippen molar-refractivity contribution in [1.82, 2.24) is 4.98 Å². The minimum absolute atomic E-state index is 0.155. The van der Waals surface area contributed by atoms with Crippen LogP contribution >= 0.6 is 15.9 Å². The molecule has 0 saturated carbocycles. The van der Waals surface area contributed by atoms with Crippen LogP contribution in [0, 0.1) is 0 Å². The molecule has 5 heteroatoms. The standard InChI is InChI=1S/C13H11BrN2O2/c14-10-4-5-12(15-8-10)16-13(18)7-9-2-1-3-11(17)6-9/h1-6,8,17H,7H2,(H,15,16,18). The van der Waals surface area contributed by atoms with Crippen LogP contribution in [0.2, 0.25) is 0 Å². The molecule has 1 amide bonds. The molecule has 1 aromatic heterocycles. The number of nitrogens with one attached hydrogen (secondary N) is 1. The Morgan fingerprint density at radius 3 is 2.83 bits per heavy atom. The predicted octanol–water partition coefficient (Wildman–Crippen LogP) is 2.73. The second-order valence-corrected chi connectivity index (χ2v) is 4.67. The molecule has 0 spiro atoms. The number of aromatic nitrogens is 1. The molecular weight excluding hydrogens is 296 g/mol. The Bertz CT molecular complexity index is 555. The smallest absolute Gasteiger partial charge is 0.229 e. The van der Waals surface area contributed by atoms with Crippen molar-refractivity contribution in [3.05, 3.63) is 52.6 Å². The van der Waals surface area contributed by atoms with Crippen LogP contribution in [-0.2, 0) is 11.2 Å². The van der Waals surface area contributed by atoms with Crippen LogP contribution in [-0.4, -0.2) is 16.0 Å². The zero-order chi connectivity index (χ0) is 13.0. The quantitative estimate of drug-likeness (QED) is 0.916. The summed E-state index contributed by atoms with van der Waals surface area (Å²) in [5.41, 5.74) is 0.754. The molecule has 92 valence electrons. The Balaban J connectivity index is 1.98. The molecule has 0 aliphatic heterocycles. The van der Waals surface area contributed by atoms with E-state index in [-0.39, 0.29) is 18.1 Å². The van der Waals surface area contributed by atoms with E-state index in [1.165, 1.54) is 0 Å². The molecule has 0 radical (unpaired) electrons. The van der Waals surface area contributed by atoms with E-state index >= 15 is 0 Å². The Morgan fingerprint density at radius 1 is 1.33 bits per heavy atom. The van der Waals surface area contributed by atoms with Gasteiger partial charge < -0.3 is 10.4 Å². The zero-order valence-electron chi connectivity index (χ0n) is 9.43. The predicted molar refractivity (Wildman–Crippen MR) is 72.4 cm³/mol. The van der Waals surface area contributed by atoms with E-state index in [2.05, 4.69) is 26.2 Å². The lowest BCUT2D eigenvalue weighted by molar-refractivity contribution is -0.115. The number of nitrogens with zero attached hydrogens (tertiary/aromatic N) is 1. The first-order valence-corrected chi connectivity index (χ1v) is 6.12. The van der Waals surface area contributed by atoms with E-state index < -0.39 is 0 Å². The Morgan fingerprint density at radius 2 is 2.17 bits per heavy atom. The first-order valence-electron chi connectivity index (χ1n) is 5.33. The highest BCUT2D eigenvalue weighted by molar-refractivity contribution is 9.10. The fourth-order valence-electron chi connectivity index (χ4n) is 1.49. The second-order valence-electron chi connectivity index (χ2n) is 3.76. The number of rotatable bonds is 3. The van der Waals surface area contributed by atoms with Gasteiger partial charge in [0, 0.05) is 10.7 Å². The first kappa shape index (κ1) is 12.6. The van der Waals surface area contributed by atoms with Crippen molar-refractivity contribution >= 4 is 27.7 Å². The molecule has 0 bridgehead atoms. The Labute approximate surface area is 113 Å². The van der Waals surface area contributed by atoms with Crippen molar-refractivity contribution < 1.29 is 9.90 Å². The van der Waals surface area contributed by atoms with Gasteiger partial charge in [-0.2, -0.15) is 0 Å². The van der Waals surface area contributed by atoms with E-state index in [0.29, 0.717) is 5.82 Å². The molecule has 0 fully saturated rings. The molecule has 0 unspecified atom stereocenters. The summed E-state index contributed by atoms with van der Waals surface area (Å²) in [6.07, 6.45) is 1.82. The number of aromatic hydroxyl groups is 1. The first-order chi connectivity index (χ1) is 8.63. The fourth-order valence-corrected chi connectivity index (χ4v) is 1.72. The van der Waals surface area contributed by atoms with Gasteiger partial charge in [-0.05, 0) is 45.8 Å². The highest BCUT2D eigenvalue weighted by Crippen LogP contribution is 2.13. The number of amides is 1. The van der Waals surface area contributed by atoms with Crippen LogP contribution in [0.1, 0.15) is 5.56 Å². The molecule has 0 aliphatic carbocycles. The van der Waals surface area contributed by atoms with Crippen molar-refractivity contribution in [3.63, 3.8) is 0 Å². The monoisotopic (exact) mass is 306 g/mol. The third-order valence-corrected chi connectivity index (χ3v) is 2.74. The average Bonchev–Trinajstić information content (AvgIpc) is 2.32. The lowest BCUT2D eigenvalue weighted by atomic mass is 10.1. The lowest BCUT2D eigenvalue weighted by Crippen LogP contribution is -2.15. The number of pyridine rings is 1. The number of carbonyl (C=O) groups is 1. The molecule has 0 atom stereocenters. The largest absolute Gasteiger partial charge is 0.508 e. The molecule has 1 heterocycles. The Kier molecular flexibility index (Phi) is 3.94. The summed E-state index contributed by atoms with van der Waals surface area (Å²) in [5.74, 6) is 0.487. The van der Waals surface area contributed by atoms with Crippen molar-refractivity contribution in [3.8, 4) is 5.75 Å². The van der Waals surface area contributed by atoms with Crippen molar-refractivity contribution in [2.45, 2.75) is 6.42 Å². The summed E-state index contributed by atoms with van der Waals surface area (Å²) >= 11 is 3.27. The topological polar surface area (TPSA) is 62.2 Å². The third kappa shape index (κ3) is 3.56. The van der Waals surface area contributed by atoms with Crippen LogP contribution in [0.5, 0.6) is 5.75 Å². The maximum atomic E-state index is 11.7. The van der Waals surface area contributed by atoms with Gasteiger partial charge >= 0.3 is 0 Å². The molecule has 0 aliphatic rings. The van der Waals surface area contributed by atoms with Gasteiger partial charge in [-0.25, -0.2) is 4.98 Å². The van der Waals surface area contributed by atoms with Crippen LogP contribution in [0.25, 0.3) is 0 Å².